The van der Waals surface area contributed by atoms with Crippen molar-refractivity contribution >= 4 is 16.0 Å². The second-order valence-corrected chi connectivity index (χ2v) is 9.30. The van der Waals surface area contributed by atoms with E-state index in [9.17, 15) is 17.8 Å². The molecule has 1 amide bonds. The van der Waals surface area contributed by atoms with Gasteiger partial charge in [0.05, 0.1) is 10.1 Å². The first-order valence-electron chi connectivity index (χ1n) is 11.0. The molecule has 0 N–H and O–H groups in total. The van der Waals surface area contributed by atoms with Crippen LogP contribution in [0.2, 0.25) is 0 Å². The summed E-state index contributed by atoms with van der Waals surface area (Å²) < 4.78 is 31.6. The van der Waals surface area contributed by atoms with Gasteiger partial charge in [0.15, 0.2) is 0 Å². The molecule has 7 heteroatoms. The Morgan fingerprint density at radius 2 is 1.14 bits per heavy atom. The molecule has 0 unspecified atom stereocenters. The Hall–Kier alpha value is 1.02. The minimum Gasteiger partial charge on any atom is -0.748 e. The summed E-state index contributed by atoms with van der Waals surface area (Å²) in [6.45, 7) is 2.59. The van der Waals surface area contributed by atoms with Crippen LogP contribution < -0.4 is 51.4 Å². The molecule has 0 aliphatic carbocycles. The third-order valence-electron chi connectivity index (χ3n) is 5.06. The second-order valence-electron chi connectivity index (χ2n) is 7.78. The number of carbonyl (C=O) groups excluding carboxylic acids is 1. The predicted molar refractivity (Wildman–Crippen MR) is 112 cm³/mol. The zero-order valence-corrected chi connectivity index (χ0v) is 22.7. The Labute approximate surface area is 217 Å². The first kappa shape index (κ1) is 31.2. The van der Waals surface area contributed by atoms with Crippen LogP contribution in [-0.2, 0) is 14.9 Å². The molecular formula is C21H42KNO4S. The summed E-state index contributed by atoms with van der Waals surface area (Å²) in [5.74, 6) is -0.360. The summed E-state index contributed by atoms with van der Waals surface area (Å²) in [5, 5.41) is 0. The maximum Gasteiger partial charge on any atom is 1.00 e. The predicted octanol–water partition coefficient (Wildman–Crippen LogP) is 2.26. The maximum absolute atomic E-state index is 11.9. The largest absolute Gasteiger partial charge is 1.00 e. The van der Waals surface area contributed by atoms with Crippen LogP contribution in [0.25, 0.3) is 0 Å². The fraction of sp³-hybridized carbons (Fsp3) is 0.952. The summed E-state index contributed by atoms with van der Waals surface area (Å²) >= 11 is 0. The van der Waals surface area contributed by atoms with Crippen molar-refractivity contribution < 1.29 is 69.1 Å². The molecule has 0 fully saturated rings. The Balaban J connectivity index is 0. The fourth-order valence-corrected chi connectivity index (χ4v) is 3.75. The molecule has 0 aromatic heterocycles. The van der Waals surface area contributed by atoms with Gasteiger partial charge in [-0.3, -0.25) is 4.79 Å². The minimum atomic E-state index is -4.18. The number of nitrogens with zero attached hydrogens (tertiary/aromatic N) is 1. The summed E-state index contributed by atoms with van der Waals surface area (Å²) in [4.78, 5) is 13.5. The van der Waals surface area contributed by atoms with Gasteiger partial charge in [0.2, 0.25) is 5.91 Å². The molecule has 0 saturated heterocycles. The van der Waals surface area contributed by atoms with Crippen molar-refractivity contribution in [2.75, 3.05) is 19.3 Å². The number of carbonyl (C=O) groups is 1. The van der Waals surface area contributed by atoms with Gasteiger partial charge in [0, 0.05) is 25.8 Å². The van der Waals surface area contributed by atoms with E-state index in [0.717, 1.165) is 12.8 Å². The molecule has 0 aliphatic rings. The van der Waals surface area contributed by atoms with Crippen LogP contribution in [0, 0.1) is 0 Å². The Kier molecular flexibility index (Phi) is 23.7. The number of hydrogen-bond donors (Lipinski definition) is 0. The molecule has 0 heterocycles. The monoisotopic (exact) mass is 443 g/mol. The van der Waals surface area contributed by atoms with Crippen LogP contribution in [0.4, 0.5) is 0 Å². The Bertz CT molecular complexity index is 457. The normalized spacial score (nSPS) is 11.2. The zero-order chi connectivity index (χ0) is 20.4. The van der Waals surface area contributed by atoms with Gasteiger partial charge in [-0.2, -0.15) is 0 Å². The second kappa shape index (κ2) is 21.3. The van der Waals surface area contributed by atoms with Crippen molar-refractivity contribution in [1.82, 2.24) is 4.90 Å². The summed E-state index contributed by atoms with van der Waals surface area (Å²) in [6, 6.07) is 0. The average Bonchev–Trinajstić information content (AvgIpc) is 2.60. The van der Waals surface area contributed by atoms with Crippen LogP contribution in [0.15, 0.2) is 0 Å². The smallest absolute Gasteiger partial charge is 0.748 e. The number of unbranched alkanes of at least 4 members (excludes halogenated alkanes) is 13. The molecule has 0 bridgehead atoms. The number of hydrogen-bond acceptors (Lipinski definition) is 4. The van der Waals surface area contributed by atoms with Crippen molar-refractivity contribution in [2.45, 2.75) is 110 Å². The molecule has 0 atom stereocenters. The molecule has 162 valence electrons. The Morgan fingerprint density at radius 1 is 0.750 bits per heavy atom. The van der Waals surface area contributed by atoms with Gasteiger partial charge < -0.3 is 9.45 Å². The van der Waals surface area contributed by atoms with E-state index in [1.54, 1.807) is 7.05 Å². The topological polar surface area (TPSA) is 77.5 Å². The number of amides is 1. The SMILES string of the molecule is CCCCCCCCCCCCCCCCC(=O)N(C)CCCS(=O)(=O)[O-].[K+]. The van der Waals surface area contributed by atoms with E-state index in [4.69, 9.17) is 0 Å². The van der Waals surface area contributed by atoms with E-state index in [-0.39, 0.29) is 63.7 Å². The van der Waals surface area contributed by atoms with E-state index in [1.807, 2.05) is 0 Å². The number of rotatable bonds is 19. The van der Waals surface area contributed by atoms with Gasteiger partial charge in [-0.1, -0.05) is 90.4 Å². The van der Waals surface area contributed by atoms with Gasteiger partial charge in [-0.05, 0) is 12.8 Å². The van der Waals surface area contributed by atoms with E-state index >= 15 is 0 Å². The van der Waals surface area contributed by atoms with Gasteiger partial charge in [0.1, 0.15) is 0 Å². The quantitative estimate of drug-likeness (QED) is 0.174. The summed E-state index contributed by atoms with van der Waals surface area (Å²) in [5.41, 5.74) is 0. The Morgan fingerprint density at radius 3 is 1.54 bits per heavy atom. The molecule has 28 heavy (non-hydrogen) atoms. The molecule has 0 aromatic rings. The summed E-state index contributed by atoms with van der Waals surface area (Å²) in [6.07, 6.45) is 18.8. The van der Waals surface area contributed by atoms with E-state index in [1.165, 1.54) is 81.9 Å². The fourth-order valence-electron chi connectivity index (χ4n) is 3.26. The zero-order valence-electron chi connectivity index (χ0n) is 18.7. The van der Waals surface area contributed by atoms with Crippen LogP contribution in [0.3, 0.4) is 0 Å². The van der Waals surface area contributed by atoms with Crippen molar-refractivity contribution in [3.8, 4) is 0 Å². The molecule has 0 radical (unpaired) electrons. The van der Waals surface area contributed by atoms with E-state index in [2.05, 4.69) is 6.92 Å². The van der Waals surface area contributed by atoms with Crippen molar-refractivity contribution in [2.24, 2.45) is 0 Å². The van der Waals surface area contributed by atoms with Crippen molar-refractivity contribution in [1.29, 1.82) is 0 Å². The molecule has 0 rings (SSSR count). The van der Waals surface area contributed by atoms with Gasteiger partial charge in [-0.25, -0.2) is 8.42 Å². The third kappa shape index (κ3) is 23.3. The first-order valence-corrected chi connectivity index (χ1v) is 12.6. The van der Waals surface area contributed by atoms with Gasteiger partial charge in [0.25, 0.3) is 0 Å². The molecule has 0 aromatic carbocycles. The van der Waals surface area contributed by atoms with Crippen LogP contribution in [0.1, 0.15) is 110 Å². The van der Waals surface area contributed by atoms with Crippen LogP contribution >= 0.6 is 0 Å². The van der Waals surface area contributed by atoms with Gasteiger partial charge >= 0.3 is 51.4 Å². The van der Waals surface area contributed by atoms with Crippen LogP contribution in [0.5, 0.6) is 0 Å². The minimum absolute atomic E-state index is 0. The molecule has 0 aliphatic heterocycles. The van der Waals surface area contributed by atoms with Crippen molar-refractivity contribution in [3.05, 3.63) is 0 Å². The third-order valence-corrected chi connectivity index (χ3v) is 5.85. The molecule has 5 nitrogen and oxygen atoms in total. The molecule has 0 spiro atoms. The van der Waals surface area contributed by atoms with E-state index < -0.39 is 15.9 Å². The van der Waals surface area contributed by atoms with Crippen LogP contribution in [-0.4, -0.2) is 43.1 Å². The standard InChI is InChI=1S/C21H43NO4S.K/c1-3-4-5-6-7-8-9-10-11-12-13-14-15-16-18-21(23)22(2)19-17-20-27(24,25)26;/h3-20H2,1-2H3,(H,24,25,26);/q;+1/p-1. The summed E-state index contributed by atoms with van der Waals surface area (Å²) in [7, 11) is -2.51. The molecule has 0 saturated carbocycles. The van der Waals surface area contributed by atoms with Crippen molar-refractivity contribution in [3.63, 3.8) is 0 Å². The first-order chi connectivity index (χ1) is 12.9. The average molecular weight is 444 g/mol. The molecular weight excluding hydrogens is 401 g/mol. The van der Waals surface area contributed by atoms with E-state index in [0.29, 0.717) is 13.0 Å². The van der Waals surface area contributed by atoms with Gasteiger partial charge in [-0.15, -0.1) is 0 Å². The maximum atomic E-state index is 11.9.